The Labute approximate surface area is 172 Å². The second-order valence-electron chi connectivity index (χ2n) is 5.63. The molecule has 2 amide bonds. The van der Waals surface area contributed by atoms with Crippen LogP contribution in [0, 0.1) is 0 Å². The lowest BCUT2D eigenvalue weighted by Gasteiger charge is -2.14. The third-order valence-electron chi connectivity index (χ3n) is 3.70. The van der Waals surface area contributed by atoms with E-state index >= 15 is 0 Å². The first-order valence-corrected chi connectivity index (χ1v) is 8.85. The van der Waals surface area contributed by atoms with Crippen molar-refractivity contribution in [3.05, 3.63) is 73.1 Å². The molecule has 0 spiro atoms. The van der Waals surface area contributed by atoms with E-state index in [1.807, 2.05) is 5.43 Å². The number of aromatic amines is 1. The number of hydrogen-bond acceptors (Lipinski definition) is 5. The molecule has 0 aliphatic carbocycles. The first-order valence-electron chi connectivity index (χ1n) is 7.72. The lowest BCUT2D eigenvalue weighted by atomic mass is 10.0. The van der Waals surface area contributed by atoms with Gasteiger partial charge in [-0.15, -0.1) is 0 Å². The summed E-state index contributed by atoms with van der Waals surface area (Å²) in [4.78, 5) is 30.5. The van der Waals surface area contributed by atoms with Crippen LogP contribution in [0.25, 0.3) is 11.0 Å². The molecule has 0 saturated heterocycles. The van der Waals surface area contributed by atoms with E-state index in [2.05, 4.69) is 15.1 Å². The van der Waals surface area contributed by atoms with E-state index in [4.69, 9.17) is 40.5 Å². The van der Waals surface area contributed by atoms with Crippen LogP contribution in [0.15, 0.2) is 46.3 Å². The van der Waals surface area contributed by atoms with E-state index in [1.165, 1.54) is 24.3 Å². The largest absolute Gasteiger partial charge is 0.382 e. The van der Waals surface area contributed by atoms with Gasteiger partial charge in [-0.1, -0.05) is 40.9 Å². The van der Waals surface area contributed by atoms with E-state index in [1.54, 1.807) is 12.1 Å². The zero-order valence-electron chi connectivity index (χ0n) is 13.9. The van der Waals surface area contributed by atoms with Gasteiger partial charge < -0.3 is 15.8 Å². The number of carbonyl (C=O) groups excluding carboxylic acids is 1. The lowest BCUT2D eigenvalue weighted by Crippen LogP contribution is -2.31. The fourth-order valence-electron chi connectivity index (χ4n) is 2.43. The molecular formula is C17H12Cl3N5O3. The molecule has 0 aliphatic rings. The van der Waals surface area contributed by atoms with Crippen molar-refractivity contribution in [3.8, 4) is 0 Å². The van der Waals surface area contributed by atoms with E-state index < -0.39 is 17.7 Å². The molecule has 1 aromatic heterocycles. The monoisotopic (exact) mass is 439 g/mol. The van der Waals surface area contributed by atoms with Gasteiger partial charge in [-0.25, -0.2) is 15.2 Å². The predicted octanol–water partition coefficient (Wildman–Crippen LogP) is 2.99. The summed E-state index contributed by atoms with van der Waals surface area (Å²) in [7, 11) is 0. The predicted molar refractivity (Wildman–Crippen MR) is 108 cm³/mol. The molecule has 144 valence electrons. The van der Waals surface area contributed by atoms with E-state index in [0.717, 1.165) is 0 Å². The summed E-state index contributed by atoms with van der Waals surface area (Å²) in [6, 6.07) is 8.10. The Balaban J connectivity index is 2.16. The van der Waals surface area contributed by atoms with Crippen molar-refractivity contribution in [2.45, 2.75) is 6.10 Å². The molecule has 3 rings (SSSR count). The quantitative estimate of drug-likeness (QED) is 0.366. The summed E-state index contributed by atoms with van der Waals surface area (Å²) in [5.41, 5.74) is 7.00. The van der Waals surface area contributed by atoms with Crippen molar-refractivity contribution in [1.82, 2.24) is 15.4 Å². The number of nitrogens with one attached hydrogen (secondary N) is 2. The first kappa shape index (κ1) is 20.1. The Kier molecular flexibility index (Phi) is 5.85. The SMILES string of the molecule is NC(=O)N/N=C(\c1nc2ccc(Cl)cc2[nH]c1=O)C(O)c1ccc(Cl)c(Cl)c1. The van der Waals surface area contributed by atoms with Gasteiger partial charge in [0.05, 0.1) is 21.1 Å². The number of aliphatic hydroxyl groups is 1. The number of aromatic nitrogens is 2. The summed E-state index contributed by atoms with van der Waals surface area (Å²) >= 11 is 17.8. The summed E-state index contributed by atoms with van der Waals surface area (Å²) < 4.78 is 0. The number of fused-ring (bicyclic) bond motifs is 1. The van der Waals surface area contributed by atoms with E-state index in [-0.39, 0.29) is 27.0 Å². The number of benzene rings is 2. The average Bonchev–Trinajstić information content (AvgIpc) is 2.64. The number of amides is 2. The van der Waals surface area contributed by atoms with Gasteiger partial charge in [0.25, 0.3) is 5.56 Å². The Bertz CT molecular complexity index is 1160. The molecule has 5 N–H and O–H groups in total. The van der Waals surface area contributed by atoms with Gasteiger partial charge >= 0.3 is 6.03 Å². The molecule has 1 heterocycles. The van der Waals surface area contributed by atoms with Crippen molar-refractivity contribution in [1.29, 1.82) is 0 Å². The molecule has 1 atom stereocenters. The summed E-state index contributed by atoms with van der Waals surface area (Å²) in [5, 5.41) is 15.4. The number of carbonyl (C=O) groups is 1. The van der Waals surface area contributed by atoms with E-state index in [9.17, 15) is 14.7 Å². The van der Waals surface area contributed by atoms with Gasteiger partial charge in [-0.05, 0) is 35.9 Å². The zero-order chi connectivity index (χ0) is 20.4. The molecule has 0 bridgehead atoms. The molecule has 28 heavy (non-hydrogen) atoms. The van der Waals surface area contributed by atoms with Crippen LogP contribution in [0.2, 0.25) is 15.1 Å². The minimum Gasteiger partial charge on any atom is -0.382 e. The lowest BCUT2D eigenvalue weighted by molar-refractivity contribution is 0.243. The fraction of sp³-hybridized carbons (Fsp3) is 0.0588. The van der Waals surface area contributed by atoms with Gasteiger partial charge in [0, 0.05) is 5.02 Å². The number of H-pyrrole nitrogens is 1. The minimum absolute atomic E-state index is 0.190. The molecule has 2 aromatic carbocycles. The highest BCUT2D eigenvalue weighted by molar-refractivity contribution is 6.42. The minimum atomic E-state index is -1.46. The van der Waals surface area contributed by atoms with Crippen LogP contribution < -0.4 is 16.7 Å². The molecule has 3 aromatic rings. The van der Waals surface area contributed by atoms with Crippen LogP contribution in [0.5, 0.6) is 0 Å². The van der Waals surface area contributed by atoms with Crippen LogP contribution >= 0.6 is 34.8 Å². The van der Waals surface area contributed by atoms with Gasteiger partial charge in [0.1, 0.15) is 11.8 Å². The zero-order valence-corrected chi connectivity index (χ0v) is 16.2. The van der Waals surface area contributed by atoms with Crippen molar-refractivity contribution in [2.24, 2.45) is 10.8 Å². The van der Waals surface area contributed by atoms with Crippen LogP contribution in [0.4, 0.5) is 4.79 Å². The summed E-state index contributed by atoms with van der Waals surface area (Å²) in [6.45, 7) is 0. The number of aliphatic hydroxyl groups excluding tert-OH is 1. The smallest absolute Gasteiger partial charge is 0.332 e. The fourth-order valence-corrected chi connectivity index (χ4v) is 2.91. The summed E-state index contributed by atoms with van der Waals surface area (Å²) in [5.74, 6) is 0. The Hall–Kier alpha value is -2.65. The molecule has 0 aliphatic heterocycles. The average molecular weight is 441 g/mol. The van der Waals surface area contributed by atoms with E-state index in [0.29, 0.717) is 16.1 Å². The van der Waals surface area contributed by atoms with Crippen LogP contribution in [0.1, 0.15) is 17.4 Å². The van der Waals surface area contributed by atoms with Gasteiger partial charge in [0.2, 0.25) is 0 Å². The molecule has 8 nitrogen and oxygen atoms in total. The number of rotatable bonds is 4. The highest BCUT2D eigenvalue weighted by Crippen LogP contribution is 2.27. The van der Waals surface area contributed by atoms with Crippen molar-refractivity contribution in [2.75, 3.05) is 0 Å². The number of nitrogens with zero attached hydrogens (tertiary/aromatic N) is 2. The highest BCUT2D eigenvalue weighted by atomic mass is 35.5. The molecule has 0 saturated carbocycles. The molecule has 1 unspecified atom stereocenters. The van der Waals surface area contributed by atoms with Crippen LogP contribution in [0.3, 0.4) is 0 Å². The number of urea groups is 1. The van der Waals surface area contributed by atoms with Gasteiger partial charge in [0.15, 0.2) is 5.69 Å². The van der Waals surface area contributed by atoms with Crippen LogP contribution in [-0.4, -0.2) is 26.8 Å². The van der Waals surface area contributed by atoms with Gasteiger partial charge in [-0.3, -0.25) is 4.79 Å². The van der Waals surface area contributed by atoms with Crippen molar-refractivity contribution in [3.63, 3.8) is 0 Å². The number of primary amides is 1. The topological polar surface area (TPSA) is 133 Å². The standard InChI is InChI=1S/C17H12Cl3N5O3/c18-8-2-4-11-12(6-8)23-16(27)14(22-11)13(24-25-17(21)28)15(26)7-1-3-9(19)10(20)5-7/h1-6,15,26H,(H,23,27)(H3,21,25,28)/b24-13+. The normalized spacial score (nSPS) is 12.8. The number of nitrogens with two attached hydrogens (primary N) is 1. The maximum atomic E-state index is 12.5. The highest BCUT2D eigenvalue weighted by Gasteiger charge is 2.23. The molecule has 0 fully saturated rings. The van der Waals surface area contributed by atoms with Crippen molar-refractivity contribution >= 4 is 57.6 Å². The Morgan fingerprint density at radius 3 is 2.61 bits per heavy atom. The van der Waals surface area contributed by atoms with Crippen molar-refractivity contribution < 1.29 is 9.90 Å². The first-order chi connectivity index (χ1) is 13.3. The molecule has 11 heteroatoms. The number of halogens is 3. The number of hydrogen-bond donors (Lipinski definition) is 4. The Morgan fingerprint density at radius 1 is 1.18 bits per heavy atom. The third-order valence-corrected chi connectivity index (χ3v) is 4.68. The maximum Gasteiger partial charge on any atom is 0.332 e. The third kappa shape index (κ3) is 4.26. The molecule has 0 radical (unpaired) electrons. The van der Waals surface area contributed by atoms with Crippen LogP contribution in [-0.2, 0) is 0 Å². The Morgan fingerprint density at radius 2 is 1.93 bits per heavy atom. The maximum absolute atomic E-state index is 12.5. The van der Waals surface area contributed by atoms with Gasteiger partial charge in [-0.2, -0.15) is 5.10 Å². The molecular weight excluding hydrogens is 429 g/mol. The second-order valence-corrected chi connectivity index (χ2v) is 6.88. The summed E-state index contributed by atoms with van der Waals surface area (Å²) in [6.07, 6.45) is -1.46. The number of hydrazone groups is 1. The second kappa shape index (κ2) is 8.15.